The Hall–Kier alpha value is -2.20. The predicted molar refractivity (Wildman–Crippen MR) is 126 cm³/mol. The van der Waals surface area contributed by atoms with Gasteiger partial charge in [0.1, 0.15) is 0 Å². The third kappa shape index (κ3) is 5.91. The molecule has 0 saturated carbocycles. The van der Waals surface area contributed by atoms with Gasteiger partial charge in [0.15, 0.2) is 5.13 Å². The highest BCUT2D eigenvalue weighted by Crippen LogP contribution is 2.32. The number of rotatable bonds is 8. The highest BCUT2D eigenvalue weighted by molar-refractivity contribution is 7.98. The molecule has 0 aliphatic rings. The van der Waals surface area contributed by atoms with Crippen molar-refractivity contribution < 1.29 is 9.72 Å². The monoisotopic (exact) mass is 466 g/mol. The fraction of sp³-hybridized carbons (Fsp3) is 0.300. The lowest BCUT2D eigenvalue weighted by Crippen LogP contribution is -2.37. The van der Waals surface area contributed by atoms with Gasteiger partial charge in [-0.2, -0.15) is 0 Å². The van der Waals surface area contributed by atoms with E-state index in [-0.39, 0.29) is 30.4 Å². The van der Waals surface area contributed by atoms with E-state index in [0.717, 1.165) is 20.7 Å². The second kappa shape index (κ2) is 10.7. The summed E-state index contributed by atoms with van der Waals surface area (Å²) in [5.41, 5.74) is 1.63. The molecule has 0 spiro atoms. The third-order valence-electron chi connectivity index (χ3n) is 4.39. The van der Waals surface area contributed by atoms with Crippen LogP contribution in [0.2, 0.25) is 0 Å². The summed E-state index contributed by atoms with van der Waals surface area (Å²) in [7, 11) is 3.92. The number of non-ortho nitro benzene ring substituents is 1. The third-order valence-corrected chi connectivity index (χ3v) is 6.16. The molecule has 160 valence electrons. The minimum absolute atomic E-state index is 0. The van der Waals surface area contributed by atoms with E-state index in [0.29, 0.717) is 18.2 Å². The van der Waals surface area contributed by atoms with Crippen LogP contribution in [0.1, 0.15) is 5.56 Å². The minimum Gasteiger partial charge on any atom is -0.308 e. The number of likely N-dealkylation sites (N-methyl/N-ethyl adjacent to an activating group) is 1. The molecule has 0 fully saturated rings. The molecule has 3 rings (SSSR count). The number of aromatic nitrogens is 1. The lowest BCUT2D eigenvalue weighted by molar-refractivity contribution is -0.384. The van der Waals surface area contributed by atoms with E-state index in [2.05, 4.69) is 11.1 Å². The van der Waals surface area contributed by atoms with Crippen molar-refractivity contribution in [2.45, 2.75) is 11.3 Å². The average molecular weight is 467 g/mol. The SMILES string of the molecule is CSc1ccc2nc(N(CCN(C)C)C(=O)Cc3ccc([N+](=O)[O-])cc3)sc2c1.Cl. The standard InChI is InChI=1S/C20H22N4O3S2.ClH/c1-22(2)10-11-23(19(25)12-14-4-6-15(7-5-14)24(26)27)20-21-17-9-8-16(28-3)13-18(17)29-20;/h4-9,13H,10-12H2,1-3H3;1H. The van der Waals surface area contributed by atoms with E-state index in [1.165, 1.54) is 23.5 Å². The number of carbonyl (C=O) groups excluding carboxylic acids is 1. The molecule has 0 bridgehead atoms. The fourth-order valence-corrected chi connectivity index (χ4v) is 4.33. The zero-order valence-electron chi connectivity index (χ0n) is 16.9. The van der Waals surface area contributed by atoms with Crippen molar-refractivity contribution >= 4 is 62.4 Å². The first kappa shape index (κ1) is 24.1. The first-order valence-electron chi connectivity index (χ1n) is 9.00. The molecule has 0 aliphatic carbocycles. The van der Waals surface area contributed by atoms with Crippen LogP contribution in [0.5, 0.6) is 0 Å². The molecule has 2 aromatic carbocycles. The predicted octanol–water partition coefficient (Wildman–Crippen LogP) is 4.49. The highest BCUT2D eigenvalue weighted by Gasteiger charge is 2.20. The zero-order chi connectivity index (χ0) is 21.0. The zero-order valence-corrected chi connectivity index (χ0v) is 19.4. The van der Waals surface area contributed by atoms with E-state index in [9.17, 15) is 14.9 Å². The molecule has 7 nitrogen and oxygen atoms in total. The van der Waals surface area contributed by atoms with Gasteiger partial charge in [-0.25, -0.2) is 4.98 Å². The van der Waals surface area contributed by atoms with Crippen molar-refractivity contribution in [2.75, 3.05) is 38.3 Å². The molecule has 0 radical (unpaired) electrons. The first-order valence-corrected chi connectivity index (χ1v) is 11.0. The molecule has 0 atom stereocenters. The Balaban J connectivity index is 0.00000320. The van der Waals surface area contributed by atoms with Crippen LogP contribution in [-0.2, 0) is 11.2 Å². The summed E-state index contributed by atoms with van der Waals surface area (Å²) in [6.07, 6.45) is 2.19. The van der Waals surface area contributed by atoms with E-state index in [4.69, 9.17) is 0 Å². The number of carbonyl (C=O) groups is 1. The van der Waals surface area contributed by atoms with E-state index in [1.807, 2.05) is 37.4 Å². The van der Waals surface area contributed by atoms with Crippen LogP contribution < -0.4 is 4.90 Å². The summed E-state index contributed by atoms with van der Waals surface area (Å²) in [5, 5.41) is 11.5. The van der Waals surface area contributed by atoms with E-state index < -0.39 is 4.92 Å². The second-order valence-corrected chi connectivity index (χ2v) is 8.67. The number of nitrogens with zero attached hydrogens (tertiary/aromatic N) is 4. The molecule has 1 aromatic heterocycles. The van der Waals surface area contributed by atoms with Crippen molar-refractivity contribution in [3.8, 4) is 0 Å². The summed E-state index contributed by atoms with van der Waals surface area (Å²) in [4.78, 5) is 33.0. The number of benzene rings is 2. The van der Waals surface area contributed by atoms with Gasteiger partial charge in [-0.05, 0) is 44.1 Å². The van der Waals surface area contributed by atoms with Gasteiger partial charge in [0.2, 0.25) is 5.91 Å². The summed E-state index contributed by atoms with van der Waals surface area (Å²) in [6.45, 7) is 1.23. The molecule has 10 heteroatoms. The minimum atomic E-state index is -0.445. The number of fused-ring (bicyclic) bond motifs is 1. The van der Waals surface area contributed by atoms with Gasteiger partial charge in [-0.15, -0.1) is 24.2 Å². The summed E-state index contributed by atoms with van der Waals surface area (Å²) in [6, 6.07) is 12.2. The van der Waals surface area contributed by atoms with Crippen LogP contribution in [0.15, 0.2) is 47.4 Å². The molecular weight excluding hydrogens is 444 g/mol. The van der Waals surface area contributed by atoms with Crippen molar-refractivity contribution in [3.63, 3.8) is 0 Å². The number of thioether (sulfide) groups is 1. The Morgan fingerprint density at radius 2 is 1.87 bits per heavy atom. The Morgan fingerprint density at radius 3 is 2.47 bits per heavy atom. The number of nitro groups is 1. The number of hydrogen-bond donors (Lipinski definition) is 0. The molecule has 0 saturated heterocycles. The Morgan fingerprint density at radius 1 is 1.17 bits per heavy atom. The normalized spacial score (nSPS) is 10.8. The molecular formula is C20H23ClN4O3S2. The molecule has 30 heavy (non-hydrogen) atoms. The highest BCUT2D eigenvalue weighted by atomic mass is 35.5. The van der Waals surface area contributed by atoms with E-state index in [1.54, 1.807) is 28.8 Å². The van der Waals surface area contributed by atoms with Gasteiger partial charge in [0.25, 0.3) is 5.69 Å². The lowest BCUT2D eigenvalue weighted by atomic mass is 10.1. The van der Waals surface area contributed by atoms with E-state index >= 15 is 0 Å². The summed E-state index contributed by atoms with van der Waals surface area (Å²) in [5.74, 6) is -0.0788. The summed E-state index contributed by atoms with van der Waals surface area (Å²) >= 11 is 3.18. The van der Waals surface area contributed by atoms with Crippen LogP contribution >= 0.6 is 35.5 Å². The van der Waals surface area contributed by atoms with Crippen molar-refractivity contribution in [1.29, 1.82) is 0 Å². The quantitative estimate of drug-likeness (QED) is 0.276. The molecule has 0 N–H and O–H groups in total. The lowest BCUT2D eigenvalue weighted by Gasteiger charge is -2.22. The maximum atomic E-state index is 13.1. The number of amides is 1. The Bertz CT molecular complexity index is 1020. The number of thiazole rings is 1. The van der Waals surface area contributed by atoms with Crippen LogP contribution in [-0.4, -0.2) is 54.2 Å². The maximum Gasteiger partial charge on any atom is 0.269 e. The van der Waals surface area contributed by atoms with Crippen molar-refractivity contribution in [1.82, 2.24) is 9.88 Å². The average Bonchev–Trinajstić information content (AvgIpc) is 3.10. The smallest absolute Gasteiger partial charge is 0.269 e. The van der Waals surface area contributed by atoms with Gasteiger partial charge in [0.05, 0.1) is 21.6 Å². The first-order chi connectivity index (χ1) is 13.9. The van der Waals surface area contributed by atoms with Gasteiger partial charge in [0, 0.05) is 30.1 Å². The number of nitro benzene ring substituents is 1. The molecule has 3 aromatic rings. The molecule has 0 unspecified atom stereocenters. The van der Waals surface area contributed by atoms with Crippen LogP contribution in [0, 0.1) is 10.1 Å². The fourth-order valence-electron chi connectivity index (χ4n) is 2.77. The van der Waals surface area contributed by atoms with Gasteiger partial charge < -0.3 is 4.90 Å². The Labute approximate surface area is 189 Å². The molecule has 1 heterocycles. The maximum absolute atomic E-state index is 13.1. The Kier molecular flexibility index (Phi) is 8.60. The van der Waals surface area contributed by atoms with Crippen molar-refractivity contribution in [3.05, 3.63) is 58.1 Å². The summed E-state index contributed by atoms with van der Waals surface area (Å²) < 4.78 is 1.05. The van der Waals surface area contributed by atoms with Gasteiger partial charge in [-0.1, -0.05) is 23.5 Å². The van der Waals surface area contributed by atoms with Crippen LogP contribution in [0.25, 0.3) is 10.2 Å². The topological polar surface area (TPSA) is 79.6 Å². The number of halogens is 1. The van der Waals surface area contributed by atoms with Crippen LogP contribution in [0.3, 0.4) is 0 Å². The number of anilines is 1. The van der Waals surface area contributed by atoms with Crippen molar-refractivity contribution in [2.24, 2.45) is 0 Å². The largest absolute Gasteiger partial charge is 0.308 e. The molecule has 0 aliphatic heterocycles. The second-order valence-electron chi connectivity index (χ2n) is 6.78. The number of hydrogen-bond acceptors (Lipinski definition) is 7. The van der Waals surface area contributed by atoms with Crippen LogP contribution in [0.4, 0.5) is 10.8 Å². The molecule has 1 amide bonds. The van der Waals surface area contributed by atoms with Gasteiger partial charge in [-0.3, -0.25) is 19.8 Å². The van der Waals surface area contributed by atoms with Gasteiger partial charge >= 0.3 is 0 Å².